The minimum atomic E-state index is 0.249. The van der Waals surface area contributed by atoms with Crippen molar-refractivity contribution in [3.05, 3.63) is 40.9 Å². The number of carbonyl (C=O) groups excluding carboxylic acids is 1. The molecule has 0 saturated carbocycles. The van der Waals surface area contributed by atoms with Gasteiger partial charge < -0.3 is 9.30 Å². The van der Waals surface area contributed by atoms with Gasteiger partial charge in [-0.2, -0.15) is 0 Å². The van der Waals surface area contributed by atoms with Crippen LogP contribution in [0.15, 0.2) is 24.5 Å². The van der Waals surface area contributed by atoms with Gasteiger partial charge in [0.2, 0.25) is 0 Å². The van der Waals surface area contributed by atoms with Crippen LogP contribution in [-0.4, -0.2) is 21.1 Å². The van der Waals surface area contributed by atoms with Gasteiger partial charge in [-0.15, -0.1) is 10.2 Å². The molecule has 0 amide bonds. The van der Waals surface area contributed by atoms with Gasteiger partial charge in [0.05, 0.1) is 5.56 Å². The van der Waals surface area contributed by atoms with Crippen molar-refractivity contribution >= 4 is 17.9 Å². The van der Waals surface area contributed by atoms with Crippen LogP contribution in [0.1, 0.15) is 16.2 Å². The van der Waals surface area contributed by atoms with Gasteiger partial charge in [-0.05, 0) is 18.2 Å². The molecule has 17 heavy (non-hydrogen) atoms. The van der Waals surface area contributed by atoms with E-state index < -0.39 is 0 Å². The van der Waals surface area contributed by atoms with Crippen molar-refractivity contribution in [1.82, 2.24) is 14.8 Å². The first-order chi connectivity index (χ1) is 8.20. The number of benzene rings is 1. The molecule has 0 bridgehead atoms. The number of rotatable bonds is 4. The molecule has 0 radical (unpaired) electrons. The van der Waals surface area contributed by atoms with Gasteiger partial charge in [0, 0.05) is 12.1 Å². The summed E-state index contributed by atoms with van der Waals surface area (Å²) >= 11 is 5.78. The minimum absolute atomic E-state index is 0.249. The molecule has 0 spiro atoms. The Balaban J connectivity index is 2.14. The highest BCUT2D eigenvalue weighted by Gasteiger charge is 2.06. The van der Waals surface area contributed by atoms with Crippen molar-refractivity contribution in [2.75, 3.05) is 0 Å². The molecule has 0 fully saturated rings. The summed E-state index contributed by atoms with van der Waals surface area (Å²) in [6.45, 7) is 0.249. The molecular weight excluding hydrogens is 242 g/mol. The van der Waals surface area contributed by atoms with Crippen molar-refractivity contribution < 1.29 is 9.53 Å². The van der Waals surface area contributed by atoms with Crippen molar-refractivity contribution in [3.63, 3.8) is 0 Å². The summed E-state index contributed by atoms with van der Waals surface area (Å²) in [6, 6.07) is 4.88. The lowest BCUT2D eigenvalue weighted by molar-refractivity contribution is 0.111. The molecule has 1 aromatic carbocycles. The van der Waals surface area contributed by atoms with Crippen LogP contribution in [0.5, 0.6) is 5.75 Å². The highest BCUT2D eigenvalue weighted by atomic mass is 35.5. The van der Waals surface area contributed by atoms with E-state index in [1.807, 2.05) is 7.05 Å². The molecular formula is C11H10ClN3O2. The Morgan fingerprint density at radius 2 is 2.35 bits per heavy atom. The number of halogens is 1. The average Bonchev–Trinajstić information content (AvgIpc) is 2.73. The summed E-state index contributed by atoms with van der Waals surface area (Å²) in [5.74, 6) is 1.16. The van der Waals surface area contributed by atoms with Crippen LogP contribution in [0.3, 0.4) is 0 Å². The largest absolute Gasteiger partial charge is 0.485 e. The molecule has 0 aliphatic rings. The van der Waals surface area contributed by atoms with E-state index in [1.165, 1.54) is 0 Å². The quantitative estimate of drug-likeness (QED) is 0.779. The maximum absolute atomic E-state index is 10.8. The third-order valence-corrected chi connectivity index (χ3v) is 2.50. The molecule has 2 aromatic rings. The van der Waals surface area contributed by atoms with E-state index in [0.29, 0.717) is 28.4 Å². The molecule has 0 aliphatic heterocycles. The first kappa shape index (κ1) is 11.6. The number of ether oxygens (including phenoxy) is 1. The van der Waals surface area contributed by atoms with Gasteiger partial charge in [0.15, 0.2) is 12.1 Å². The first-order valence-electron chi connectivity index (χ1n) is 4.91. The van der Waals surface area contributed by atoms with E-state index in [2.05, 4.69) is 10.2 Å². The second-order valence-electron chi connectivity index (χ2n) is 3.45. The summed E-state index contributed by atoms with van der Waals surface area (Å²) in [4.78, 5) is 10.8. The molecule has 0 saturated heterocycles. The van der Waals surface area contributed by atoms with Crippen LogP contribution in [0.2, 0.25) is 5.02 Å². The molecule has 0 aliphatic carbocycles. The third-order valence-electron chi connectivity index (χ3n) is 2.26. The summed E-state index contributed by atoms with van der Waals surface area (Å²) in [6.07, 6.45) is 2.29. The second kappa shape index (κ2) is 4.97. The molecule has 0 unspecified atom stereocenters. The zero-order valence-electron chi connectivity index (χ0n) is 9.13. The fourth-order valence-electron chi connectivity index (χ4n) is 1.32. The van der Waals surface area contributed by atoms with Gasteiger partial charge in [-0.3, -0.25) is 4.79 Å². The highest BCUT2D eigenvalue weighted by molar-refractivity contribution is 6.30. The number of aromatic nitrogens is 3. The standard InChI is InChI=1S/C11H10ClN3O2/c1-15-7-13-14-11(15)6-17-10-3-2-9(12)4-8(10)5-16/h2-5,7H,6H2,1H3. The summed E-state index contributed by atoms with van der Waals surface area (Å²) in [5.41, 5.74) is 0.416. The maximum Gasteiger partial charge on any atom is 0.170 e. The van der Waals surface area contributed by atoms with Gasteiger partial charge in [0.1, 0.15) is 18.7 Å². The molecule has 0 N–H and O–H groups in total. The monoisotopic (exact) mass is 251 g/mol. The Hall–Kier alpha value is -1.88. The van der Waals surface area contributed by atoms with Gasteiger partial charge in [-0.25, -0.2) is 0 Å². The Bertz CT molecular complexity index is 539. The second-order valence-corrected chi connectivity index (χ2v) is 3.88. The molecule has 5 nitrogen and oxygen atoms in total. The summed E-state index contributed by atoms with van der Waals surface area (Å²) in [7, 11) is 1.82. The van der Waals surface area contributed by atoms with Gasteiger partial charge in [-0.1, -0.05) is 11.6 Å². The van der Waals surface area contributed by atoms with E-state index in [0.717, 1.165) is 0 Å². The summed E-state index contributed by atoms with van der Waals surface area (Å²) < 4.78 is 7.24. The molecule has 1 aromatic heterocycles. The van der Waals surface area contributed by atoms with Crippen molar-refractivity contribution in [3.8, 4) is 5.75 Å². The minimum Gasteiger partial charge on any atom is -0.485 e. The van der Waals surface area contributed by atoms with Crippen LogP contribution in [0.25, 0.3) is 0 Å². The average molecular weight is 252 g/mol. The Morgan fingerprint density at radius 3 is 3.00 bits per heavy atom. The van der Waals surface area contributed by atoms with E-state index in [9.17, 15) is 4.79 Å². The van der Waals surface area contributed by atoms with Crippen LogP contribution in [0, 0.1) is 0 Å². The molecule has 1 heterocycles. The predicted molar refractivity (Wildman–Crippen MR) is 62.2 cm³/mol. The van der Waals surface area contributed by atoms with Crippen molar-refractivity contribution in [1.29, 1.82) is 0 Å². The topological polar surface area (TPSA) is 57.0 Å². The molecule has 6 heteroatoms. The number of nitrogens with zero attached hydrogens (tertiary/aromatic N) is 3. The number of aldehydes is 1. The molecule has 0 atom stereocenters. The van der Waals surface area contributed by atoms with Crippen molar-refractivity contribution in [2.45, 2.75) is 6.61 Å². The van der Waals surface area contributed by atoms with Gasteiger partial charge >= 0.3 is 0 Å². The van der Waals surface area contributed by atoms with Crippen LogP contribution in [-0.2, 0) is 13.7 Å². The Labute approximate surface area is 103 Å². The number of hydrogen-bond donors (Lipinski definition) is 0. The number of aryl methyl sites for hydroxylation is 1. The number of carbonyl (C=O) groups is 1. The van der Waals surface area contributed by atoms with Crippen molar-refractivity contribution in [2.24, 2.45) is 7.05 Å². The number of hydrogen-bond acceptors (Lipinski definition) is 4. The fraction of sp³-hybridized carbons (Fsp3) is 0.182. The SMILES string of the molecule is Cn1cnnc1COc1ccc(Cl)cc1C=O. The Morgan fingerprint density at radius 1 is 1.53 bits per heavy atom. The third kappa shape index (κ3) is 2.62. The van der Waals surface area contributed by atoms with E-state index >= 15 is 0 Å². The fourth-order valence-corrected chi connectivity index (χ4v) is 1.50. The van der Waals surface area contributed by atoms with Gasteiger partial charge in [0.25, 0.3) is 0 Å². The lowest BCUT2D eigenvalue weighted by Crippen LogP contribution is -2.04. The highest BCUT2D eigenvalue weighted by Crippen LogP contribution is 2.21. The zero-order chi connectivity index (χ0) is 12.3. The predicted octanol–water partition coefficient (Wildman–Crippen LogP) is 1.86. The maximum atomic E-state index is 10.8. The zero-order valence-corrected chi connectivity index (χ0v) is 9.89. The van der Waals surface area contributed by atoms with Crippen LogP contribution >= 0.6 is 11.6 Å². The van der Waals surface area contributed by atoms with E-state index in [4.69, 9.17) is 16.3 Å². The first-order valence-corrected chi connectivity index (χ1v) is 5.29. The normalized spacial score (nSPS) is 10.2. The summed E-state index contributed by atoms with van der Waals surface area (Å²) in [5, 5.41) is 8.11. The van der Waals surface area contributed by atoms with E-state index in [1.54, 1.807) is 29.1 Å². The van der Waals surface area contributed by atoms with E-state index in [-0.39, 0.29) is 6.61 Å². The van der Waals surface area contributed by atoms with Crippen LogP contribution < -0.4 is 4.74 Å². The molecule has 2 rings (SSSR count). The smallest absolute Gasteiger partial charge is 0.170 e. The molecule has 88 valence electrons. The Kier molecular flexibility index (Phi) is 3.39. The van der Waals surface area contributed by atoms with Crippen LogP contribution in [0.4, 0.5) is 0 Å². The lowest BCUT2D eigenvalue weighted by atomic mass is 10.2. The lowest BCUT2D eigenvalue weighted by Gasteiger charge is -2.07.